The number of phenols is 1. The molecule has 0 spiro atoms. The number of hydrogen-bond donors (Lipinski definition) is 2. The van der Waals surface area contributed by atoms with E-state index in [1.807, 2.05) is 24.0 Å². The molecule has 1 aromatic carbocycles. The van der Waals surface area contributed by atoms with Crippen molar-refractivity contribution in [2.24, 2.45) is 11.8 Å². The minimum atomic E-state index is -0.682. The van der Waals surface area contributed by atoms with E-state index in [0.29, 0.717) is 38.3 Å². The van der Waals surface area contributed by atoms with Crippen molar-refractivity contribution in [1.82, 2.24) is 4.90 Å². The van der Waals surface area contributed by atoms with Crippen molar-refractivity contribution in [2.45, 2.75) is 52.1 Å². The summed E-state index contributed by atoms with van der Waals surface area (Å²) in [7, 11) is 0. The van der Waals surface area contributed by atoms with Crippen LogP contribution in [0.4, 0.5) is 0 Å². The van der Waals surface area contributed by atoms with Crippen LogP contribution < -0.4 is 0 Å². The second-order valence-electron chi connectivity index (χ2n) is 7.40. The van der Waals surface area contributed by atoms with Crippen LogP contribution in [0.15, 0.2) is 24.3 Å². The minimum Gasteiger partial charge on any atom is -0.508 e. The second kappa shape index (κ2) is 7.35. The molecule has 4 heteroatoms. The van der Waals surface area contributed by atoms with Gasteiger partial charge in [-0.15, -0.1) is 0 Å². The number of aromatic hydroxyl groups is 1. The SMILES string of the molecule is CC(C)C[C@H]1CN(C(=O)CCc2ccccc2O)CC[C@@]1(C)O. The van der Waals surface area contributed by atoms with E-state index in [-0.39, 0.29) is 17.6 Å². The molecule has 1 amide bonds. The number of nitrogens with zero attached hydrogens (tertiary/aromatic N) is 1. The largest absolute Gasteiger partial charge is 0.508 e. The van der Waals surface area contributed by atoms with Crippen LogP contribution in [0, 0.1) is 11.8 Å². The Bertz CT molecular complexity index is 539. The van der Waals surface area contributed by atoms with E-state index < -0.39 is 5.60 Å². The summed E-state index contributed by atoms with van der Waals surface area (Å²) >= 11 is 0. The predicted molar refractivity (Wildman–Crippen MR) is 91.2 cm³/mol. The molecule has 1 aliphatic rings. The lowest BCUT2D eigenvalue weighted by atomic mass is 9.78. The fourth-order valence-corrected chi connectivity index (χ4v) is 3.37. The highest BCUT2D eigenvalue weighted by Gasteiger charge is 2.38. The Balaban J connectivity index is 1.93. The van der Waals surface area contributed by atoms with Gasteiger partial charge in [0.2, 0.25) is 5.91 Å². The van der Waals surface area contributed by atoms with E-state index in [1.54, 1.807) is 12.1 Å². The predicted octanol–water partition coefficient (Wildman–Crippen LogP) is 2.97. The fraction of sp³-hybridized carbons (Fsp3) is 0.632. The average molecular weight is 319 g/mol. The van der Waals surface area contributed by atoms with Gasteiger partial charge in [0.25, 0.3) is 0 Å². The highest BCUT2D eigenvalue weighted by atomic mass is 16.3. The van der Waals surface area contributed by atoms with E-state index in [0.717, 1.165) is 12.0 Å². The molecule has 23 heavy (non-hydrogen) atoms. The van der Waals surface area contributed by atoms with Crippen molar-refractivity contribution in [3.8, 4) is 5.75 Å². The molecule has 4 nitrogen and oxygen atoms in total. The van der Waals surface area contributed by atoms with Gasteiger partial charge in [0.1, 0.15) is 5.75 Å². The van der Waals surface area contributed by atoms with Gasteiger partial charge < -0.3 is 15.1 Å². The van der Waals surface area contributed by atoms with Gasteiger partial charge in [-0.2, -0.15) is 0 Å². The van der Waals surface area contributed by atoms with Gasteiger partial charge in [0.15, 0.2) is 0 Å². The Morgan fingerprint density at radius 1 is 1.39 bits per heavy atom. The molecular formula is C19H29NO3. The number of aliphatic hydroxyl groups is 1. The number of amides is 1. The van der Waals surface area contributed by atoms with Crippen LogP contribution in [0.2, 0.25) is 0 Å². The first-order valence-electron chi connectivity index (χ1n) is 8.56. The van der Waals surface area contributed by atoms with Crippen molar-refractivity contribution in [3.05, 3.63) is 29.8 Å². The molecule has 1 aliphatic heterocycles. The molecule has 0 aromatic heterocycles. The van der Waals surface area contributed by atoms with E-state index in [4.69, 9.17) is 0 Å². The lowest BCUT2D eigenvalue weighted by Crippen LogP contribution is -2.52. The number of rotatable bonds is 5. The number of piperidine rings is 1. The number of carbonyl (C=O) groups is 1. The molecule has 0 aliphatic carbocycles. The molecule has 2 N–H and O–H groups in total. The molecular weight excluding hydrogens is 290 g/mol. The van der Waals surface area contributed by atoms with Crippen LogP contribution in [0.3, 0.4) is 0 Å². The molecule has 0 bridgehead atoms. The van der Waals surface area contributed by atoms with Gasteiger partial charge in [-0.25, -0.2) is 0 Å². The van der Waals surface area contributed by atoms with Crippen molar-refractivity contribution in [2.75, 3.05) is 13.1 Å². The van der Waals surface area contributed by atoms with Gasteiger partial charge in [-0.3, -0.25) is 4.79 Å². The Labute approximate surface area is 139 Å². The summed E-state index contributed by atoms with van der Waals surface area (Å²) in [4.78, 5) is 14.4. The molecule has 1 saturated heterocycles. The van der Waals surface area contributed by atoms with Gasteiger partial charge in [-0.05, 0) is 43.7 Å². The van der Waals surface area contributed by atoms with Crippen LogP contribution in [-0.2, 0) is 11.2 Å². The number of benzene rings is 1. The van der Waals surface area contributed by atoms with Crippen molar-refractivity contribution in [1.29, 1.82) is 0 Å². The van der Waals surface area contributed by atoms with Crippen molar-refractivity contribution in [3.63, 3.8) is 0 Å². The Morgan fingerprint density at radius 2 is 2.09 bits per heavy atom. The zero-order valence-corrected chi connectivity index (χ0v) is 14.5. The topological polar surface area (TPSA) is 60.8 Å². The fourth-order valence-electron chi connectivity index (χ4n) is 3.37. The zero-order valence-electron chi connectivity index (χ0n) is 14.5. The first-order chi connectivity index (χ1) is 10.8. The van der Waals surface area contributed by atoms with E-state index in [1.165, 1.54) is 0 Å². The van der Waals surface area contributed by atoms with E-state index in [2.05, 4.69) is 13.8 Å². The highest BCUT2D eigenvalue weighted by Crippen LogP contribution is 2.32. The van der Waals surface area contributed by atoms with Crippen LogP contribution in [0.25, 0.3) is 0 Å². The lowest BCUT2D eigenvalue weighted by molar-refractivity contribution is -0.139. The van der Waals surface area contributed by atoms with Crippen LogP contribution in [-0.4, -0.2) is 39.7 Å². The number of aryl methyl sites for hydroxylation is 1. The maximum Gasteiger partial charge on any atom is 0.222 e. The van der Waals surface area contributed by atoms with E-state index >= 15 is 0 Å². The Morgan fingerprint density at radius 3 is 2.74 bits per heavy atom. The molecule has 1 heterocycles. The van der Waals surface area contributed by atoms with Gasteiger partial charge >= 0.3 is 0 Å². The summed E-state index contributed by atoms with van der Waals surface area (Å²) in [5, 5.41) is 20.3. The molecule has 0 radical (unpaired) electrons. The number of hydrogen-bond acceptors (Lipinski definition) is 3. The number of carbonyl (C=O) groups excluding carboxylic acids is 1. The Kier molecular flexibility index (Phi) is 5.69. The average Bonchev–Trinajstić information content (AvgIpc) is 2.48. The summed E-state index contributed by atoms with van der Waals surface area (Å²) in [6, 6.07) is 7.15. The Hall–Kier alpha value is -1.55. The third-order valence-electron chi connectivity index (χ3n) is 4.92. The first kappa shape index (κ1) is 17.8. The molecule has 128 valence electrons. The van der Waals surface area contributed by atoms with Crippen LogP contribution >= 0.6 is 0 Å². The molecule has 1 aromatic rings. The first-order valence-corrected chi connectivity index (χ1v) is 8.56. The van der Waals surface area contributed by atoms with E-state index in [9.17, 15) is 15.0 Å². The smallest absolute Gasteiger partial charge is 0.222 e. The third-order valence-corrected chi connectivity index (χ3v) is 4.92. The molecule has 2 rings (SSSR count). The summed E-state index contributed by atoms with van der Waals surface area (Å²) < 4.78 is 0. The maximum atomic E-state index is 12.5. The summed E-state index contributed by atoms with van der Waals surface area (Å²) in [6.45, 7) is 7.43. The van der Waals surface area contributed by atoms with Crippen LogP contribution in [0.1, 0.15) is 45.6 Å². The summed E-state index contributed by atoms with van der Waals surface area (Å²) in [5.74, 6) is 0.991. The van der Waals surface area contributed by atoms with Gasteiger partial charge in [0, 0.05) is 25.4 Å². The lowest BCUT2D eigenvalue weighted by Gasteiger charge is -2.43. The maximum absolute atomic E-state index is 12.5. The minimum absolute atomic E-state index is 0.109. The summed E-state index contributed by atoms with van der Waals surface area (Å²) in [6.07, 6.45) is 2.50. The highest BCUT2D eigenvalue weighted by molar-refractivity contribution is 5.76. The molecule has 0 saturated carbocycles. The van der Waals surface area contributed by atoms with Crippen molar-refractivity contribution < 1.29 is 15.0 Å². The standard InChI is InChI=1S/C19H29NO3/c1-14(2)12-16-13-20(11-10-19(16,3)23)18(22)9-8-15-6-4-5-7-17(15)21/h4-7,14,16,21,23H,8-13H2,1-3H3/t16-,19+/m0/s1. The number of phenolic OH excluding ortho intramolecular Hbond substituents is 1. The second-order valence-corrected chi connectivity index (χ2v) is 7.40. The molecule has 1 fully saturated rings. The molecule has 2 atom stereocenters. The summed E-state index contributed by atoms with van der Waals surface area (Å²) in [5.41, 5.74) is 0.127. The third kappa shape index (κ3) is 4.71. The number of para-hydroxylation sites is 1. The van der Waals surface area contributed by atoms with Gasteiger partial charge in [0.05, 0.1) is 5.60 Å². The number of likely N-dealkylation sites (tertiary alicyclic amines) is 1. The molecule has 0 unspecified atom stereocenters. The quantitative estimate of drug-likeness (QED) is 0.877. The van der Waals surface area contributed by atoms with Crippen LogP contribution in [0.5, 0.6) is 5.75 Å². The van der Waals surface area contributed by atoms with Gasteiger partial charge in [-0.1, -0.05) is 32.0 Å². The monoisotopic (exact) mass is 319 g/mol. The normalized spacial score (nSPS) is 24.9. The van der Waals surface area contributed by atoms with Crippen molar-refractivity contribution >= 4 is 5.91 Å². The zero-order chi connectivity index (χ0) is 17.0.